The van der Waals surface area contributed by atoms with Crippen LogP contribution in [0.1, 0.15) is 47.0 Å². The van der Waals surface area contributed by atoms with Gasteiger partial charge < -0.3 is 5.32 Å². The van der Waals surface area contributed by atoms with Gasteiger partial charge in [0.15, 0.2) is 0 Å². The Bertz CT molecular complexity index is 438. The minimum Gasteiger partial charge on any atom is -0.313 e. The predicted octanol–water partition coefficient (Wildman–Crippen LogP) is 2.56. The maximum absolute atomic E-state index is 12.6. The van der Waals surface area contributed by atoms with Crippen molar-refractivity contribution in [1.82, 2.24) is 14.3 Å². The molecule has 5 nitrogen and oxygen atoms in total. The van der Waals surface area contributed by atoms with E-state index in [-0.39, 0.29) is 12.4 Å². The number of hydrogen-bond acceptors (Lipinski definition) is 3. The van der Waals surface area contributed by atoms with Gasteiger partial charge in [-0.3, -0.25) is 0 Å². The third-order valence-electron chi connectivity index (χ3n) is 3.89. The second-order valence-electron chi connectivity index (χ2n) is 6.91. The van der Waals surface area contributed by atoms with Crippen LogP contribution >= 0.6 is 12.4 Å². The minimum atomic E-state index is -3.39. The quantitative estimate of drug-likeness (QED) is 0.583. The highest BCUT2D eigenvalue weighted by Gasteiger charge is 2.22. The summed E-state index contributed by atoms with van der Waals surface area (Å²) < 4.78 is 29.5. The number of halogens is 1. The van der Waals surface area contributed by atoms with Gasteiger partial charge in [0.25, 0.3) is 10.2 Å². The van der Waals surface area contributed by atoms with E-state index in [2.05, 4.69) is 43.8 Å². The molecule has 0 aromatic carbocycles. The van der Waals surface area contributed by atoms with Crippen molar-refractivity contribution < 1.29 is 8.42 Å². The van der Waals surface area contributed by atoms with Gasteiger partial charge in [0.05, 0.1) is 0 Å². The summed E-state index contributed by atoms with van der Waals surface area (Å²) in [6, 6.07) is 0. The number of hydrogen-bond donors (Lipinski definition) is 2. The van der Waals surface area contributed by atoms with Crippen LogP contribution in [0, 0.1) is 11.8 Å². The van der Waals surface area contributed by atoms with Gasteiger partial charge in [-0.05, 0) is 37.6 Å². The largest absolute Gasteiger partial charge is 0.313 e. The molecule has 1 rings (SSSR count). The van der Waals surface area contributed by atoms with Gasteiger partial charge in [0, 0.05) is 26.2 Å². The topological polar surface area (TPSA) is 61.4 Å². The lowest BCUT2D eigenvalue weighted by Gasteiger charge is -2.25. The van der Waals surface area contributed by atoms with Crippen molar-refractivity contribution in [3.63, 3.8) is 0 Å². The fraction of sp³-hybridized carbons (Fsp3) is 0.875. The van der Waals surface area contributed by atoms with Gasteiger partial charge in [-0.1, -0.05) is 39.3 Å². The summed E-state index contributed by atoms with van der Waals surface area (Å²) in [4.78, 5) is 0. The van der Waals surface area contributed by atoms with Crippen LogP contribution in [0.4, 0.5) is 0 Å². The summed E-state index contributed by atoms with van der Waals surface area (Å²) in [6.45, 7) is 11.9. The van der Waals surface area contributed by atoms with Crippen molar-refractivity contribution in [2.24, 2.45) is 11.8 Å². The molecule has 0 bridgehead atoms. The third kappa shape index (κ3) is 9.67. The van der Waals surface area contributed by atoms with Gasteiger partial charge >= 0.3 is 0 Å². The number of rotatable bonds is 10. The zero-order valence-corrected chi connectivity index (χ0v) is 16.6. The average Bonchev–Trinajstić information content (AvgIpc) is 2.45. The molecule has 0 saturated carbocycles. The summed E-state index contributed by atoms with van der Waals surface area (Å²) in [5.74, 6) is 1.01. The Balaban J connectivity index is 0.00000484. The van der Waals surface area contributed by atoms with E-state index in [0.717, 1.165) is 32.4 Å². The highest BCUT2D eigenvalue weighted by atomic mass is 35.5. The third-order valence-corrected chi connectivity index (χ3v) is 5.45. The smallest absolute Gasteiger partial charge is 0.279 e. The van der Waals surface area contributed by atoms with E-state index in [1.54, 1.807) is 4.31 Å². The molecular weight excluding hydrogens is 334 g/mol. The summed E-state index contributed by atoms with van der Waals surface area (Å²) in [5, 5.41) is 3.24. The summed E-state index contributed by atoms with van der Waals surface area (Å²) in [7, 11) is -3.39. The average molecular weight is 368 g/mol. The van der Waals surface area contributed by atoms with Crippen molar-refractivity contribution in [2.75, 3.05) is 32.7 Å². The van der Waals surface area contributed by atoms with E-state index >= 15 is 0 Å². The molecule has 0 fully saturated rings. The zero-order valence-electron chi connectivity index (χ0n) is 15.0. The molecule has 2 N–H and O–H groups in total. The van der Waals surface area contributed by atoms with Gasteiger partial charge in [-0.25, -0.2) is 0 Å². The molecule has 0 radical (unpaired) electrons. The number of nitrogens with one attached hydrogen (secondary N) is 2. The van der Waals surface area contributed by atoms with Gasteiger partial charge in [-0.2, -0.15) is 17.4 Å². The van der Waals surface area contributed by atoms with Crippen LogP contribution in [0.2, 0.25) is 0 Å². The van der Waals surface area contributed by atoms with E-state index in [1.165, 1.54) is 5.57 Å². The maximum atomic E-state index is 12.6. The van der Waals surface area contributed by atoms with E-state index in [9.17, 15) is 8.42 Å². The van der Waals surface area contributed by atoms with E-state index in [4.69, 9.17) is 0 Å². The highest BCUT2D eigenvalue weighted by Crippen LogP contribution is 2.11. The van der Waals surface area contributed by atoms with E-state index in [0.29, 0.717) is 31.5 Å². The Morgan fingerprint density at radius 3 is 2.17 bits per heavy atom. The fourth-order valence-electron chi connectivity index (χ4n) is 2.26. The molecule has 0 unspecified atom stereocenters. The van der Waals surface area contributed by atoms with Gasteiger partial charge in [0.1, 0.15) is 0 Å². The second-order valence-corrected chi connectivity index (χ2v) is 8.66. The molecule has 0 aromatic heterocycles. The monoisotopic (exact) mass is 367 g/mol. The molecule has 0 saturated heterocycles. The lowest BCUT2D eigenvalue weighted by molar-refractivity contribution is 0.353. The summed E-state index contributed by atoms with van der Waals surface area (Å²) >= 11 is 0. The molecule has 1 heterocycles. The Hall–Kier alpha value is -0.140. The Kier molecular flexibility index (Phi) is 11.4. The lowest BCUT2D eigenvalue weighted by atomic mass is 10.1. The highest BCUT2D eigenvalue weighted by molar-refractivity contribution is 7.87. The van der Waals surface area contributed by atoms with E-state index < -0.39 is 10.2 Å². The normalized spacial score (nSPS) is 15.9. The Morgan fingerprint density at radius 1 is 1.17 bits per heavy atom. The molecule has 0 amide bonds. The van der Waals surface area contributed by atoms with Crippen LogP contribution in [-0.2, 0) is 10.2 Å². The molecule has 23 heavy (non-hydrogen) atoms. The van der Waals surface area contributed by atoms with Crippen LogP contribution in [0.3, 0.4) is 0 Å². The van der Waals surface area contributed by atoms with Gasteiger partial charge in [0.2, 0.25) is 0 Å². The first kappa shape index (κ1) is 22.9. The van der Waals surface area contributed by atoms with Crippen LogP contribution in [0.25, 0.3) is 0 Å². The van der Waals surface area contributed by atoms with Crippen LogP contribution in [0.5, 0.6) is 0 Å². The molecule has 0 atom stereocenters. The Labute approximate surface area is 148 Å². The predicted molar refractivity (Wildman–Crippen MR) is 100 cm³/mol. The zero-order chi connectivity index (χ0) is 16.6. The molecule has 0 aromatic rings. The molecule has 0 spiro atoms. The summed E-state index contributed by atoms with van der Waals surface area (Å²) in [6.07, 6.45) is 4.79. The SMILES string of the molecule is CC(C)CCN(CCC(C)C)S(=O)(=O)NCC1=CCNCC1.Cl. The van der Waals surface area contributed by atoms with Crippen LogP contribution < -0.4 is 10.0 Å². The fourth-order valence-corrected chi connectivity index (χ4v) is 3.50. The first-order valence-corrected chi connectivity index (χ1v) is 9.88. The summed E-state index contributed by atoms with van der Waals surface area (Å²) in [5.41, 5.74) is 1.18. The van der Waals surface area contributed by atoms with Crippen molar-refractivity contribution in [1.29, 1.82) is 0 Å². The van der Waals surface area contributed by atoms with Crippen molar-refractivity contribution in [3.8, 4) is 0 Å². The lowest BCUT2D eigenvalue weighted by Crippen LogP contribution is -2.43. The van der Waals surface area contributed by atoms with Crippen molar-refractivity contribution >= 4 is 22.6 Å². The second kappa shape index (κ2) is 11.4. The van der Waals surface area contributed by atoms with Gasteiger partial charge in [-0.15, -0.1) is 12.4 Å². The standard InChI is InChI=1S/C16H33N3O2S.ClH/c1-14(2)7-11-19(12-8-15(3)4)22(20,21)18-13-16-5-9-17-10-6-16;/h5,14-15,17-18H,6-13H2,1-4H3;1H. The van der Waals surface area contributed by atoms with Crippen LogP contribution in [0.15, 0.2) is 11.6 Å². The van der Waals surface area contributed by atoms with Crippen molar-refractivity contribution in [2.45, 2.75) is 47.0 Å². The van der Waals surface area contributed by atoms with Crippen molar-refractivity contribution in [3.05, 3.63) is 11.6 Å². The number of nitrogens with zero attached hydrogens (tertiary/aromatic N) is 1. The Morgan fingerprint density at radius 2 is 1.74 bits per heavy atom. The molecule has 0 aliphatic carbocycles. The molecule has 7 heteroatoms. The molecular formula is C16H34ClN3O2S. The van der Waals surface area contributed by atoms with Crippen LogP contribution in [-0.4, -0.2) is 45.4 Å². The van der Waals surface area contributed by atoms with E-state index in [1.807, 2.05) is 0 Å². The first-order chi connectivity index (χ1) is 10.3. The first-order valence-electron chi connectivity index (χ1n) is 8.44. The molecule has 1 aliphatic rings. The maximum Gasteiger partial charge on any atom is 0.279 e. The minimum absolute atomic E-state index is 0. The molecule has 138 valence electrons. The molecule has 1 aliphatic heterocycles.